The zero-order chi connectivity index (χ0) is 26.4. The molecule has 0 amide bonds. The Labute approximate surface area is 229 Å². The van der Waals surface area contributed by atoms with Gasteiger partial charge in [-0.05, 0) is 34.3 Å². The third-order valence-corrected chi connectivity index (χ3v) is 7.96. The van der Waals surface area contributed by atoms with Crippen LogP contribution in [-0.4, -0.2) is 31.5 Å². The molecule has 4 aromatic rings. The highest BCUT2D eigenvalue weighted by Crippen LogP contribution is 2.27. The van der Waals surface area contributed by atoms with E-state index in [4.69, 9.17) is 8.85 Å². The van der Waals surface area contributed by atoms with Crippen LogP contribution < -0.4 is 0 Å². The molecule has 0 N–H and O–H groups in total. The monoisotopic (exact) mass is 534 g/mol. The molecule has 0 aliphatic carbocycles. The molecule has 0 spiro atoms. The van der Waals surface area contributed by atoms with E-state index < -0.39 is 11.8 Å². The summed E-state index contributed by atoms with van der Waals surface area (Å²) in [6.07, 6.45) is 1.83. The van der Waals surface area contributed by atoms with E-state index in [9.17, 15) is 9.59 Å². The predicted molar refractivity (Wildman–Crippen MR) is 152 cm³/mol. The normalized spacial score (nSPS) is 10.9. The summed E-state index contributed by atoms with van der Waals surface area (Å²) in [7, 11) is 0.213. The first kappa shape index (κ1) is 27.3. The molecule has 0 atom stereocenters. The van der Waals surface area contributed by atoms with Crippen molar-refractivity contribution in [2.75, 3.05) is 0 Å². The van der Waals surface area contributed by atoms with Crippen LogP contribution in [0.5, 0.6) is 0 Å². The summed E-state index contributed by atoms with van der Waals surface area (Å²) in [5.74, 6) is -1.28. The van der Waals surface area contributed by atoms with E-state index in [1.165, 1.54) is 0 Å². The van der Waals surface area contributed by atoms with Gasteiger partial charge < -0.3 is 8.85 Å². The third-order valence-electron chi connectivity index (χ3n) is 6.16. The molecule has 4 radical (unpaired) electrons. The number of unbranched alkanes of at least 4 members (excludes halogenated alkanes) is 1. The van der Waals surface area contributed by atoms with Gasteiger partial charge in [0, 0.05) is 0 Å². The SMILES string of the molecule is O=C(O[Si]CCCC[Si]OC(=O)C(c1ccccc1)c1ccccc1)C(c1ccccc1)c1ccccc1. The van der Waals surface area contributed by atoms with Crippen molar-refractivity contribution in [2.24, 2.45) is 0 Å². The number of rotatable bonds is 13. The zero-order valence-electron chi connectivity index (χ0n) is 21.2. The average Bonchev–Trinajstić information content (AvgIpc) is 2.97. The van der Waals surface area contributed by atoms with Crippen LogP contribution in [0.25, 0.3) is 0 Å². The summed E-state index contributed by atoms with van der Waals surface area (Å²) in [5, 5.41) is 0. The summed E-state index contributed by atoms with van der Waals surface area (Å²) < 4.78 is 11.4. The van der Waals surface area contributed by atoms with Crippen molar-refractivity contribution in [3.63, 3.8) is 0 Å². The van der Waals surface area contributed by atoms with Gasteiger partial charge in [0.15, 0.2) is 0 Å². The molecule has 0 saturated heterocycles. The molecule has 0 heterocycles. The van der Waals surface area contributed by atoms with E-state index in [1.807, 2.05) is 121 Å². The molecule has 0 aliphatic rings. The number of benzene rings is 4. The van der Waals surface area contributed by atoms with Crippen molar-refractivity contribution >= 4 is 31.5 Å². The maximum Gasteiger partial charge on any atom is 0.314 e. The molecular weight excluding hydrogens is 505 g/mol. The van der Waals surface area contributed by atoms with Crippen LogP contribution in [0, 0.1) is 0 Å². The van der Waals surface area contributed by atoms with E-state index in [0.29, 0.717) is 0 Å². The second-order valence-corrected chi connectivity index (χ2v) is 10.8. The molecule has 0 bridgehead atoms. The van der Waals surface area contributed by atoms with Gasteiger partial charge in [0.2, 0.25) is 0 Å². The minimum Gasteiger partial charge on any atom is -0.516 e. The van der Waals surface area contributed by atoms with Crippen LogP contribution in [0.3, 0.4) is 0 Å². The fraction of sp³-hybridized carbons (Fsp3) is 0.188. The quantitative estimate of drug-likeness (QED) is 0.143. The van der Waals surface area contributed by atoms with Crippen LogP contribution in [-0.2, 0) is 18.4 Å². The summed E-state index contributed by atoms with van der Waals surface area (Å²) in [6.45, 7) is 0. The lowest BCUT2D eigenvalue weighted by molar-refractivity contribution is -0.136. The molecule has 0 fully saturated rings. The van der Waals surface area contributed by atoms with Crippen molar-refractivity contribution in [2.45, 2.75) is 36.8 Å². The first-order valence-electron chi connectivity index (χ1n) is 12.8. The fourth-order valence-electron chi connectivity index (χ4n) is 4.27. The largest absolute Gasteiger partial charge is 0.516 e. The molecule has 38 heavy (non-hydrogen) atoms. The van der Waals surface area contributed by atoms with E-state index in [-0.39, 0.29) is 31.5 Å². The molecule has 4 rings (SSSR count). The number of carbonyl (C=O) groups is 2. The Bertz CT molecular complexity index is 1070. The maximum atomic E-state index is 13.0. The Balaban J connectivity index is 1.19. The van der Waals surface area contributed by atoms with Gasteiger partial charge in [-0.3, -0.25) is 9.59 Å². The first-order chi connectivity index (χ1) is 18.7. The third kappa shape index (κ3) is 7.87. The summed E-state index contributed by atoms with van der Waals surface area (Å²) in [5.41, 5.74) is 3.73. The highest BCUT2D eigenvalue weighted by molar-refractivity contribution is 6.31. The van der Waals surface area contributed by atoms with Gasteiger partial charge in [-0.2, -0.15) is 0 Å². The van der Waals surface area contributed by atoms with Gasteiger partial charge >= 0.3 is 31.5 Å². The highest BCUT2D eigenvalue weighted by Gasteiger charge is 2.25. The summed E-state index contributed by atoms with van der Waals surface area (Å²) in [4.78, 5) is 26.0. The Hall–Kier alpha value is -3.75. The lowest BCUT2D eigenvalue weighted by Crippen LogP contribution is -2.19. The van der Waals surface area contributed by atoms with Crippen molar-refractivity contribution < 1.29 is 18.4 Å². The van der Waals surface area contributed by atoms with Crippen LogP contribution >= 0.6 is 0 Å². The van der Waals surface area contributed by atoms with Crippen molar-refractivity contribution in [1.82, 2.24) is 0 Å². The minimum atomic E-state index is -0.423. The molecule has 4 aromatic carbocycles. The van der Waals surface area contributed by atoms with Crippen LogP contribution in [0.4, 0.5) is 0 Å². The predicted octanol–water partition coefficient (Wildman–Crippen LogP) is 6.59. The van der Waals surface area contributed by atoms with Crippen molar-refractivity contribution in [1.29, 1.82) is 0 Å². The van der Waals surface area contributed by atoms with Crippen LogP contribution in [0.1, 0.15) is 46.9 Å². The van der Waals surface area contributed by atoms with Crippen LogP contribution in [0.15, 0.2) is 121 Å². The minimum absolute atomic E-state index is 0.106. The number of hydrogen-bond acceptors (Lipinski definition) is 4. The molecule has 0 aliphatic heterocycles. The fourth-order valence-corrected chi connectivity index (χ4v) is 5.78. The Morgan fingerprint density at radius 3 is 1.00 bits per heavy atom. The van der Waals surface area contributed by atoms with E-state index in [0.717, 1.165) is 47.2 Å². The van der Waals surface area contributed by atoms with Gasteiger partial charge in [0.1, 0.15) is 11.8 Å². The Morgan fingerprint density at radius 1 is 0.474 bits per heavy atom. The number of hydrogen-bond donors (Lipinski definition) is 0. The molecular formula is C32H30O4Si2. The number of carbonyl (C=O) groups excluding carboxylic acids is 2. The van der Waals surface area contributed by atoms with Crippen molar-refractivity contribution in [3.8, 4) is 0 Å². The Kier molecular flexibility index (Phi) is 10.7. The smallest absolute Gasteiger partial charge is 0.314 e. The molecule has 0 unspecified atom stereocenters. The van der Waals surface area contributed by atoms with Gasteiger partial charge in [-0.1, -0.05) is 134 Å². The average molecular weight is 535 g/mol. The van der Waals surface area contributed by atoms with Gasteiger partial charge in [0.05, 0.1) is 0 Å². The summed E-state index contributed by atoms with van der Waals surface area (Å²) >= 11 is 0. The first-order valence-corrected chi connectivity index (χ1v) is 15.0. The molecule has 190 valence electrons. The van der Waals surface area contributed by atoms with Gasteiger partial charge in [-0.25, -0.2) is 0 Å². The highest BCUT2D eigenvalue weighted by atomic mass is 28.2. The second kappa shape index (κ2) is 14.9. The molecule has 0 saturated carbocycles. The molecule has 4 nitrogen and oxygen atoms in total. The summed E-state index contributed by atoms with van der Waals surface area (Å²) in [6, 6.07) is 40.6. The van der Waals surface area contributed by atoms with Gasteiger partial charge in [0.25, 0.3) is 0 Å². The standard InChI is InChI=1S/C32H30O4Si2/c33-31(29(25-15-5-1-6-16-25)26-17-7-2-8-18-26)35-37-23-13-14-24-38-36-32(34)30(27-19-9-3-10-20-27)28-21-11-4-12-22-28/h1-12,15-22,29-30H,13-14,23-24H2. The van der Waals surface area contributed by atoms with Crippen LogP contribution in [0.2, 0.25) is 12.1 Å². The Morgan fingerprint density at radius 2 is 0.737 bits per heavy atom. The lowest BCUT2D eigenvalue weighted by Gasteiger charge is -2.17. The second-order valence-electron chi connectivity index (χ2n) is 8.85. The van der Waals surface area contributed by atoms with E-state index in [1.54, 1.807) is 0 Å². The van der Waals surface area contributed by atoms with Crippen molar-refractivity contribution in [3.05, 3.63) is 144 Å². The van der Waals surface area contributed by atoms with E-state index in [2.05, 4.69) is 0 Å². The van der Waals surface area contributed by atoms with Gasteiger partial charge in [-0.15, -0.1) is 0 Å². The lowest BCUT2D eigenvalue weighted by atomic mass is 9.91. The zero-order valence-corrected chi connectivity index (χ0v) is 23.2. The molecule has 0 aromatic heterocycles. The van der Waals surface area contributed by atoms with E-state index >= 15 is 0 Å². The maximum absolute atomic E-state index is 13.0. The topological polar surface area (TPSA) is 52.6 Å². The molecule has 6 heteroatoms.